The largest absolute Gasteiger partial charge is 0.384 e. The van der Waals surface area contributed by atoms with E-state index in [0.29, 0.717) is 24.3 Å². The predicted octanol–water partition coefficient (Wildman–Crippen LogP) is 2.62. The highest BCUT2D eigenvalue weighted by Crippen LogP contribution is 2.35. The maximum atomic E-state index is 13.4. The molecule has 4 heterocycles. The van der Waals surface area contributed by atoms with Crippen LogP contribution >= 0.6 is 11.3 Å². The zero-order valence-corrected chi connectivity index (χ0v) is 23.2. The van der Waals surface area contributed by atoms with Gasteiger partial charge in [-0.05, 0) is 37.3 Å². The molecular formula is C29H30N6O5S. The molecule has 212 valence electrons. The van der Waals surface area contributed by atoms with Crippen molar-refractivity contribution in [3.63, 3.8) is 0 Å². The van der Waals surface area contributed by atoms with Crippen molar-refractivity contribution in [3.05, 3.63) is 69.9 Å². The normalized spacial score (nSPS) is 18.7. The first-order chi connectivity index (χ1) is 19.7. The van der Waals surface area contributed by atoms with Crippen molar-refractivity contribution in [2.45, 2.75) is 31.2 Å². The highest BCUT2D eigenvalue weighted by atomic mass is 32.1. The van der Waals surface area contributed by atoms with Crippen LogP contribution in [0.5, 0.6) is 0 Å². The molecule has 6 rings (SSSR count). The number of amidine groups is 1. The lowest BCUT2D eigenvalue weighted by molar-refractivity contribution is -0.152. The van der Waals surface area contributed by atoms with Gasteiger partial charge in [0.2, 0.25) is 11.8 Å². The molecule has 0 aliphatic carbocycles. The first-order valence-electron chi connectivity index (χ1n) is 13.3. The van der Waals surface area contributed by atoms with Crippen LogP contribution in [-0.2, 0) is 19.1 Å². The molecule has 1 spiro atoms. The molecule has 4 aromatic rings. The lowest BCUT2D eigenvalue weighted by Crippen LogP contribution is -2.49. The molecule has 0 saturated carbocycles. The van der Waals surface area contributed by atoms with Gasteiger partial charge < -0.3 is 35.7 Å². The first-order valence-corrected chi connectivity index (χ1v) is 14.2. The second-order valence-electron chi connectivity index (χ2n) is 10.3. The number of benzene rings is 2. The molecule has 2 aliphatic heterocycles. The fourth-order valence-electron chi connectivity index (χ4n) is 5.49. The van der Waals surface area contributed by atoms with E-state index in [2.05, 4.69) is 15.6 Å². The SMILES string of the molecule is CC(NC(=O)[C@@H]1CC2(CN1C(=O)CNC(=O)c1ccc3[nH]c4ccccc4c3c1)OCCO2)c1cc(C(=N)N)cs1. The first kappa shape index (κ1) is 26.9. The van der Waals surface area contributed by atoms with Crippen LogP contribution in [0.25, 0.3) is 21.8 Å². The second kappa shape index (κ2) is 10.6. The molecule has 41 heavy (non-hydrogen) atoms. The number of thiophene rings is 1. The summed E-state index contributed by atoms with van der Waals surface area (Å²) >= 11 is 1.39. The number of nitrogen functional groups attached to an aromatic ring is 1. The van der Waals surface area contributed by atoms with E-state index in [0.717, 1.165) is 26.7 Å². The Kier molecular flexibility index (Phi) is 6.98. The van der Waals surface area contributed by atoms with Gasteiger partial charge in [0.1, 0.15) is 11.9 Å². The number of para-hydroxylation sites is 1. The van der Waals surface area contributed by atoms with Crippen molar-refractivity contribution >= 4 is 56.7 Å². The summed E-state index contributed by atoms with van der Waals surface area (Å²) in [6.07, 6.45) is 0.186. The van der Waals surface area contributed by atoms with Crippen molar-refractivity contribution < 1.29 is 23.9 Å². The van der Waals surface area contributed by atoms with E-state index in [1.807, 2.05) is 37.3 Å². The van der Waals surface area contributed by atoms with E-state index in [-0.39, 0.29) is 43.2 Å². The van der Waals surface area contributed by atoms with Gasteiger partial charge in [-0.25, -0.2) is 0 Å². The lowest BCUT2D eigenvalue weighted by atomic mass is 10.1. The quantitative estimate of drug-likeness (QED) is 0.168. The predicted molar refractivity (Wildman–Crippen MR) is 155 cm³/mol. The molecule has 12 heteroatoms. The summed E-state index contributed by atoms with van der Waals surface area (Å²) in [5.41, 5.74) is 8.49. The van der Waals surface area contributed by atoms with Gasteiger partial charge >= 0.3 is 0 Å². The number of nitrogens with two attached hydrogens (primary N) is 1. The minimum Gasteiger partial charge on any atom is -0.384 e. The summed E-state index contributed by atoms with van der Waals surface area (Å²) in [4.78, 5) is 45.4. The Morgan fingerprint density at radius 3 is 2.63 bits per heavy atom. The average molecular weight is 575 g/mol. The number of hydrogen-bond donors (Lipinski definition) is 5. The van der Waals surface area contributed by atoms with Crippen molar-refractivity contribution in [1.82, 2.24) is 20.5 Å². The number of hydrogen-bond acceptors (Lipinski definition) is 7. The van der Waals surface area contributed by atoms with Gasteiger partial charge in [0.25, 0.3) is 5.91 Å². The molecule has 3 amide bonds. The number of H-pyrrole nitrogens is 1. The number of amides is 3. The standard InChI is InChI=1S/C29H30N6O5S/c1-16(24-11-18(14-41-24)26(30)31)33-28(38)23-12-29(39-8-9-40-29)15-35(23)25(36)13-32-27(37)17-6-7-22-20(10-17)19-4-2-3-5-21(19)34-22/h2-7,10-11,14,16,23,34H,8-9,12-13,15H2,1H3,(H3,30,31)(H,32,37)(H,33,38)/t16?,23-/m0/s1. The summed E-state index contributed by atoms with van der Waals surface area (Å²) in [6.45, 7) is 2.39. The zero-order valence-electron chi connectivity index (χ0n) is 22.4. The number of ether oxygens (including phenoxy) is 2. The number of nitrogens with zero attached hydrogens (tertiary/aromatic N) is 1. The van der Waals surface area contributed by atoms with E-state index in [1.54, 1.807) is 23.6 Å². The van der Waals surface area contributed by atoms with E-state index in [9.17, 15) is 14.4 Å². The van der Waals surface area contributed by atoms with E-state index in [1.165, 1.54) is 16.2 Å². The molecule has 6 N–H and O–H groups in total. The molecule has 2 atom stereocenters. The molecule has 2 fully saturated rings. The second-order valence-corrected chi connectivity index (χ2v) is 11.3. The number of aromatic amines is 1. The number of carbonyl (C=O) groups is 3. The maximum absolute atomic E-state index is 13.4. The van der Waals surface area contributed by atoms with Crippen molar-refractivity contribution in [2.75, 3.05) is 26.3 Å². The number of likely N-dealkylation sites (tertiary alicyclic amines) is 1. The van der Waals surface area contributed by atoms with Crippen LogP contribution in [0.3, 0.4) is 0 Å². The minimum absolute atomic E-state index is 0.0421. The van der Waals surface area contributed by atoms with Crippen molar-refractivity contribution in [1.29, 1.82) is 5.41 Å². The average Bonchev–Trinajstić information content (AvgIpc) is 3.77. The molecular weight excluding hydrogens is 544 g/mol. The van der Waals surface area contributed by atoms with Crippen LogP contribution in [0.1, 0.15) is 40.2 Å². The smallest absolute Gasteiger partial charge is 0.251 e. The van der Waals surface area contributed by atoms with Crippen LogP contribution in [0, 0.1) is 5.41 Å². The van der Waals surface area contributed by atoms with Crippen molar-refractivity contribution in [3.8, 4) is 0 Å². The zero-order chi connectivity index (χ0) is 28.7. The maximum Gasteiger partial charge on any atom is 0.251 e. The number of fused-ring (bicyclic) bond motifs is 3. The van der Waals surface area contributed by atoms with Gasteiger partial charge in [0.15, 0.2) is 5.79 Å². The van der Waals surface area contributed by atoms with Gasteiger partial charge in [-0.3, -0.25) is 19.8 Å². The molecule has 2 aromatic heterocycles. The van der Waals surface area contributed by atoms with Gasteiger partial charge in [0, 0.05) is 49.6 Å². The summed E-state index contributed by atoms with van der Waals surface area (Å²) in [5, 5.41) is 17.0. The Labute approximate surface area is 239 Å². The number of aromatic nitrogens is 1. The Hall–Kier alpha value is -4.26. The molecule has 11 nitrogen and oxygen atoms in total. The van der Waals surface area contributed by atoms with E-state index >= 15 is 0 Å². The van der Waals surface area contributed by atoms with Crippen molar-refractivity contribution in [2.24, 2.45) is 5.73 Å². The topological polar surface area (TPSA) is 163 Å². The molecule has 1 unspecified atom stereocenters. The fraction of sp³-hybridized carbons (Fsp3) is 0.310. The van der Waals surface area contributed by atoms with Crippen LogP contribution < -0.4 is 16.4 Å². The van der Waals surface area contributed by atoms with Crippen LogP contribution in [-0.4, -0.2) is 71.6 Å². The van der Waals surface area contributed by atoms with E-state index < -0.39 is 17.7 Å². The minimum atomic E-state index is -1.05. The van der Waals surface area contributed by atoms with E-state index in [4.69, 9.17) is 20.6 Å². The molecule has 0 bridgehead atoms. The number of rotatable bonds is 7. The Balaban J connectivity index is 1.15. The molecule has 2 aromatic carbocycles. The summed E-state index contributed by atoms with van der Waals surface area (Å²) in [7, 11) is 0. The Morgan fingerprint density at radius 2 is 1.88 bits per heavy atom. The third-order valence-corrected chi connectivity index (χ3v) is 8.73. The van der Waals surface area contributed by atoms with Gasteiger partial charge in [0.05, 0.1) is 32.3 Å². The molecule has 0 radical (unpaired) electrons. The Bertz CT molecular complexity index is 1670. The molecule has 2 aliphatic rings. The highest BCUT2D eigenvalue weighted by Gasteiger charge is 2.52. The summed E-state index contributed by atoms with van der Waals surface area (Å²) < 4.78 is 11.6. The molecule has 2 saturated heterocycles. The van der Waals surface area contributed by atoms with Crippen LogP contribution in [0.15, 0.2) is 53.9 Å². The third kappa shape index (κ3) is 5.17. The van der Waals surface area contributed by atoms with Gasteiger partial charge in [-0.1, -0.05) is 18.2 Å². The third-order valence-electron chi connectivity index (χ3n) is 7.61. The lowest BCUT2D eigenvalue weighted by Gasteiger charge is -2.25. The number of nitrogens with one attached hydrogen (secondary N) is 4. The van der Waals surface area contributed by atoms with Crippen LogP contribution in [0.4, 0.5) is 0 Å². The van der Waals surface area contributed by atoms with Gasteiger partial charge in [-0.2, -0.15) is 0 Å². The van der Waals surface area contributed by atoms with Gasteiger partial charge in [-0.15, -0.1) is 11.3 Å². The fourth-order valence-corrected chi connectivity index (χ4v) is 6.41. The Morgan fingerprint density at radius 1 is 1.12 bits per heavy atom. The number of carbonyl (C=O) groups excluding carboxylic acids is 3. The monoisotopic (exact) mass is 574 g/mol. The van der Waals surface area contributed by atoms with Crippen LogP contribution in [0.2, 0.25) is 0 Å². The summed E-state index contributed by atoms with van der Waals surface area (Å²) in [6, 6.07) is 13.8. The highest BCUT2D eigenvalue weighted by molar-refractivity contribution is 7.10. The summed E-state index contributed by atoms with van der Waals surface area (Å²) in [5.74, 6) is -2.24.